The van der Waals surface area contributed by atoms with Crippen LogP contribution in [0, 0.1) is 5.82 Å². The zero-order chi connectivity index (χ0) is 20.6. The van der Waals surface area contributed by atoms with Gasteiger partial charge in [-0.2, -0.15) is 0 Å². The molecular formula is C20H21FN4O4. The Morgan fingerprint density at radius 3 is 2.69 bits per heavy atom. The Hall–Kier alpha value is -3.46. The summed E-state index contributed by atoms with van der Waals surface area (Å²) in [4.78, 5) is 12.2. The largest absolute Gasteiger partial charge is 0.493 e. The molecule has 1 amide bonds. The average Bonchev–Trinajstić information content (AvgIpc) is 3.20. The maximum Gasteiger partial charge on any atom is 0.273 e. The number of hydrogen-bond acceptors (Lipinski definition) is 6. The van der Waals surface area contributed by atoms with E-state index in [1.807, 2.05) is 12.1 Å². The van der Waals surface area contributed by atoms with Crippen LogP contribution in [0.15, 0.2) is 54.7 Å². The van der Waals surface area contributed by atoms with Crippen molar-refractivity contribution < 1.29 is 23.8 Å². The molecule has 0 bridgehead atoms. The molecule has 2 N–H and O–H groups in total. The van der Waals surface area contributed by atoms with Gasteiger partial charge in [0, 0.05) is 5.56 Å². The molecule has 1 heterocycles. The van der Waals surface area contributed by atoms with Crippen LogP contribution in [-0.4, -0.2) is 46.3 Å². The van der Waals surface area contributed by atoms with E-state index >= 15 is 0 Å². The Kier molecular flexibility index (Phi) is 6.75. The summed E-state index contributed by atoms with van der Waals surface area (Å²) in [7, 11) is 1.55. The van der Waals surface area contributed by atoms with Gasteiger partial charge in [0.15, 0.2) is 17.2 Å². The number of rotatable bonds is 9. The third-order valence-corrected chi connectivity index (χ3v) is 4.11. The van der Waals surface area contributed by atoms with Gasteiger partial charge in [0.05, 0.1) is 26.4 Å². The highest BCUT2D eigenvalue weighted by molar-refractivity contribution is 5.91. The molecular weight excluding hydrogens is 379 g/mol. The second kappa shape index (κ2) is 9.65. The number of aliphatic hydroxyl groups excluding tert-OH is 1. The monoisotopic (exact) mass is 400 g/mol. The number of aliphatic hydroxyl groups is 1. The molecule has 3 aromatic rings. The summed E-state index contributed by atoms with van der Waals surface area (Å²) < 4.78 is 25.8. The van der Waals surface area contributed by atoms with Crippen molar-refractivity contribution in [3.63, 3.8) is 0 Å². The molecule has 0 spiro atoms. The Morgan fingerprint density at radius 2 is 1.93 bits per heavy atom. The minimum absolute atomic E-state index is 0.0296. The van der Waals surface area contributed by atoms with E-state index in [9.17, 15) is 14.3 Å². The number of ether oxygens (including phenoxy) is 2. The van der Waals surface area contributed by atoms with E-state index in [1.54, 1.807) is 31.4 Å². The van der Waals surface area contributed by atoms with Gasteiger partial charge in [-0.3, -0.25) is 4.79 Å². The van der Waals surface area contributed by atoms with Gasteiger partial charge in [-0.15, -0.1) is 5.10 Å². The lowest BCUT2D eigenvalue weighted by atomic mass is 10.1. The van der Waals surface area contributed by atoms with Crippen LogP contribution >= 0.6 is 0 Å². The van der Waals surface area contributed by atoms with E-state index in [0.717, 1.165) is 0 Å². The molecule has 29 heavy (non-hydrogen) atoms. The van der Waals surface area contributed by atoms with Crippen molar-refractivity contribution in [2.75, 3.05) is 20.3 Å². The number of hydrogen-bond donors (Lipinski definition) is 2. The number of aromatic nitrogens is 3. The van der Waals surface area contributed by atoms with Gasteiger partial charge in [0.2, 0.25) is 0 Å². The third-order valence-electron chi connectivity index (χ3n) is 4.11. The molecule has 3 rings (SSSR count). The zero-order valence-corrected chi connectivity index (χ0v) is 15.8. The lowest BCUT2D eigenvalue weighted by Gasteiger charge is -2.11. The van der Waals surface area contributed by atoms with Crippen LogP contribution in [0.25, 0.3) is 0 Å². The predicted octanol–water partition coefficient (Wildman–Crippen LogP) is 1.97. The van der Waals surface area contributed by atoms with E-state index in [2.05, 4.69) is 15.6 Å². The minimum Gasteiger partial charge on any atom is -0.493 e. The van der Waals surface area contributed by atoms with Crippen molar-refractivity contribution in [3.05, 3.63) is 71.8 Å². The smallest absolute Gasteiger partial charge is 0.273 e. The molecule has 1 aromatic heterocycles. The van der Waals surface area contributed by atoms with Gasteiger partial charge < -0.3 is 19.9 Å². The number of nitrogens with zero attached hydrogens (tertiary/aromatic N) is 3. The first-order valence-electron chi connectivity index (χ1n) is 8.95. The van der Waals surface area contributed by atoms with E-state index in [-0.39, 0.29) is 31.0 Å². The fourth-order valence-corrected chi connectivity index (χ4v) is 2.67. The molecule has 0 saturated heterocycles. The quantitative estimate of drug-likeness (QED) is 0.533. The van der Waals surface area contributed by atoms with Crippen molar-refractivity contribution in [3.8, 4) is 11.5 Å². The molecule has 9 heteroatoms. The second-order valence-corrected chi connectivity index (χ2v) is 6.12. The normalized spacial score (nSPS) is 11.7. The summed E-state index contributed by atoms with van der Waals surface area (Å²) >= 11 is 0. The highest BCUT2D eigenvalue weighted by Gasteiger charge is 2.16. The number of carbonyl (C=O) groups is 1. The first-order valence-corrected chi connectivity index (χ1v) is 8.95. The molecule has 0 aliphatic rings. The molecule has 2 aromatic carbocycles. The Labute approximate surface area is 166 Å². The van der Waals surface area contributed by atoms with Crippen molar-refractivity contribution in [1.29, 1.82) is 0 Å². The van der Waals surface area contributed by atoms with Gasteiger partial charge in [0.25, 0.3) is 5.91 Å². The Bertz CT molecular complexity index is 963. The Balaban J connectivity index is 1.48. The zero-order valence-electron chi connectivity index (χ0n) is 15.8. The van der Waals surface area contributed by atoms with Crippen LogP contribution in [-0.2, 0) is 6.54 Å². The van der Waals surface area contributed by atoms with Crippen LogP contribution in [0.3, 0.4) is 0 Å². The molecule has 0 saturated carbocycles. The number of methoxy groups -OCH3 is 1. The maximum atomic E-state index is 13.7. The van der Waals surface area contributed by atoms with Gasteiger partial charge in [-0.25, -0.2) is 9.07 Å². The fourth-order valence-electron chi connectivity index (χ4n) is 2.67. The lowest BCUT2D eigenvalue weighted by molar-refractivity contribution is 0.0941. The SMILES string of the molecule is COc1ccccc1OCCNC(=O)c1cn(C[C@@H](O)c2ccccc2F)nn1. The summed E-state index contributed by atoms with van der Waals surface area (Å²) in [6.45, 7) is 0.464. The summed E-state index contributed by atoms with van der Waals surface area (Å²) in [5.41, 5.74) is 0.241. The predicted molar refractivity (Wildman–Crippen MR) is 102 cm³/mol. The van der Waals surface area contributed by atoms with Crippen LogP contribution in [0.5, 0.6) is 11.5 Å². The first kappa shape index (κ1) is 20.3. The first-order chi connectivity index (χ1) is 14.1. The molecule has 0 aliphatic carbocycles. The standard InChI is InChI=1S/C20H21FN4O4/c1-28-18-8-4-5-9-19(18)29-11-10-22-20(27)16-12-25(24-23-16)13-17(26)14-6-2-3-7-15(14)21/h2-9,12,17,26H,10-11,13H2,1H3,(H,22,27)/t17-/m1/s1. The van der Waals surface area contributed by atoms with Gasteiger partial charge in [-0.05, 0) is 18.2 Å². The van der Waals surface area contributed by atoms with E-state index in [1.165, 1.54) is 23.0 Å². The van der Waals surface area contributed by atoms with Crippen molar-refractivity contribution in [1.82, 2.24) is 20.3 Å². The lowest BCUT2D eigenvalue weighted by Crippen LogP contribution is -2.28. The average molecular weight is 400 g/mol. The number of nitrogens with one attached hydrogen (secondary N) is 1. The van der Waals surface area contributed by atoms with Crippen LogP contribution < -0.4 is 14.8 Å². The van der Waals surface area contributed by atoms with Crippen molar-refractivity contribution in [2.24, 2.45) is 0 Å². The summed E-state index contributed by atoms with van der Waals surface area (Å²) in [6.07, 6.45) is 0.281. The van der Waals surface area contributed by atoms with E-state index in [4.69, 9.17) is 9.47 Å². The minimum atomic E-state index is -1.11. The molecule has 0 radical (unpaired) electrons. The number of benzene rings is 2. The molecule has 0 aliphatic heterocycles. The van der Waals surface area contributed by atoms with Crippen molar-refractivity contribution >= 4 is 5.91 Å². The number of amides is 1. The van der Waals surface area contributed by atoms with Gasteiger partial charge in [0.1, 0.15) is 18.5 Å². The van der Waals surface area contributed by atoms with E-state index < -0.39 is 17.8 Å². The van der Waals surface area contributed by atoms with E-state index in [0.29, 0.717) is 11.5 Å². The number of halogens is 1. The van der Waals surface area contributed by atoms with Crippen LogP contribution in [0.2, 0.25) is 0 Å². The van der Waals surface area contributed by atoms with Crippen LogP contribution in [0.4, 0.5) is 4.39 Å². The van der Waals surface area contributed by atoms with Crippen molar-refractivity contribution in [2.45, 2.75) is 12.6 Å². The highest BCUT2D eigenvalue weighted by atomic mass is 19.1. The molecule has 0 unspecified atom stereocenters. The fraction of sp³-hybridized carbons (Fsp3) is 0.250. The molecule has 0 fully saturated rings. The molecule has 1 atom stereocenters. The number of para-hydroxylation sites is 2. The molecule has 152 valence electrons. The summed E-state index contributed by atoms with van der Waals surface area (Å²) in [5, 5.41) is 20.4. The number of carbonyl (C=O) groups excluding carboxylic acids is 1. The Morgan fingerprint density at radius 1 is 1.21 bits per heavy atom. The summed E-state index contributed by atoms with van der Waals surface area (Å²) in [6, 6.07) is 13.1. The van der Waals surface area contributed by atoms with Gasteiger partial charge in [-0.1, -0.05) is 35.5 Å². The second-order valence-electron chi connectivity index (χ2n) is 6.12. The third kappa shape index (κ3) is 5.29. The highest BCUT2D eigenvalue weighted by Crippen LogP contribution is 2.25. The summed E-state index contributed by atoms with van der Waals surface area (Å²) in [5.74, 6) is 0.251. The molecule has 8 nitrogen and oxygen atoms in total. The van der Waals surface area contributed by atoms with Gasteiger partial charge >= 0.3 is 0 Å². The van der Waals surface area contributed by atoms with Crippen LogP contribution in [0.1, 0.15) is 22.2 Å². The topological polar surface area (TPSA) is 98.5 Å². The maximum absolute atomic E-state index is 13.7.